The number of rotatable bonds is 0. The van der Waals surface area contributed by atoms with Crippen LogP contribution in [0.4, 0.5) is 0 Å². The molecule has 0 rings (SSSR count). The zero-order valence-corrected chi connectivity index (χ0v) is 12.1. The van der Waals surface area contributed by atoms with E-state index in [4.69, 9.17) is 19.8 Å². The van der Waals surface area contributed by atoms with Gasteiger partial charge in [-0.2, -0.15) is 0 Å². The van der Waals surface area contributed by atoms with Gasteiger partial charge in [-0.1, -0.05) is 0 Å². The van der Waals surface area contributed by atoms with Crippen LogP contribution in [0.2, 0.25) is 0 Å². The molecule has 0 saturated heterocycles. The van der Waals surface area contributed by atoms with Gasteiger partial charge in [-0.25, -0.2) is 0 Å². The zero-order chi connectivity index (χ0) is 11.4. The molecular weight excluding hydrogens is 258 g/mol. The normalized spacial score (nSPS) is 5.53. The first kappa shape index (κ1) is 29.4. The van der Waals surface area contributed by atoms with Gasteiger partial charge in [0, 0.05) is 67.4 Å². The van der Waals surface area contributed by atoms with Crippen LogP contribution in [-0.4, -0.2) is 65.7 Å². The summed E-state index contributed by atoms with van der Waals surface area (Å²) in [5, 5.41) is 14.8. The van der Waals surface area contributed by atoms with Crippen LogP contribution < -0.4 is 0 Å². The second-order valence-corrected chi connectivity index (χ2v) is 1.65. The van der Waals surface area contributed by atoms with E-state index in [9.17, 15) is 4.79 Å². The average Bonchev–Trinajstić information content (AvgIpc) is 1.84. The van der Waals surface area contributed by atoms with Crippen LogP contribution in [0.1, 0.15) is 20.8 Å². The third kappa shape index (κ3) is 506. The molecule has 15 heavy (non-hydrogen) atoms. The molecule has 0 saturated carbocycles. The Bertz CT molecular complexity index is 157. The van der Waals surface area contributed by atoms with Gasteiger partial charge in [0.25, 0.3) is 17.9 Å². The summed E-state index contributed by atoms with van der Waals surface area (Å²) in [6.45, 7) is 3.40. The van der Waals surface area contributed by atoms with Crippen LogP contribution in [0.3, 0.4) is 0 Å². The summed E-state index contributed by atoms with van der Waals surface area (Å²) in [4.78, 5) is 27.5. The predicted molar refractivity (Wildman–Crippen MR) is 49.9 cm³/mol. The molecule has 0 bridgehead atoms. The quantitative estimate of drug-likeness (QED) is 0.571. The van der Waals surface area contributed by atoms with Gasteiger partial charge in [0.15, 0.2) is 0 Å². The number of carboxylic acid groups (broad SMARTS) is 2. The first-order chi connectivity index (χ1) is 5.73. The average molecular weight is 269 g/mol. The van der Waals surface area contributed by atoms with Crippen LogP contribution in [0.25, 0.3) is 0 Å². The molecule has 6 nitrogen and oxygen atoms in total. The van der Waals surface area contributed by atoms with Crippen LogP contribution in [-0.2, 0) is 36.1 Å². The maximum absolute atomic E-state index is 9.47. The maximum atomic E-state index is 9.47. The van der Waals surface area contributed by atoms with Crippen molar-refractivity contribution in [1.82, 2.24) is 0 Å². The van der Waals surface area contributed by atoms with Crippen molar-refractivity contribution in [3.8, 4) is 0 Å². The molecule has 0 fully saturated rings. The summed E-state index contributed by atoms with van der Waals surface area (Å²) in [6.07, 6.45) is 0. The molecule has 0 aromatic carbocycles. The van der Waals surface area contributed by atoms with E-state index in [1.165, 1.54) is 6.92 Å². The second-order valence-electron chi connectivity index (χ2n) is 1.65. The minimum Gasteiger partial charge on any atom is -0.544 e. The SMILES string of the molecule is CC(=O)O.CC(=O)O.[B]OC(C)=O.[Fe].[Na]. The minimum absolute atomic E-state index is 0. The van der Waals surface area contributed by atoms with E-state index < -0.39 is 17.9 Å². The summed E-state index contributed by atoms with van der Waals surface area (Å²) in [5.74, 6) is -2.13. The second kappa shape index (κ2) is 23.7. The molecule has 9 heteroatoms. The molecule has 0 atom stereocenters. The third-order valence-electron chi connectivity index (χ3n) is 0.166. The van der Waals surface area contributed by atoms with Gasteiger partial charge in [-0.3, -0.25) is 14.4 Å². The largest absolute Gasteiger partial charge is 0.544 e. The predicted octanol–water partition coefficient (Wildman–Crippen LogP) is -0.569. The van der Waals surface area contributed by atoms with Gasteiger partial charge in [0.1, 0.15) is 0 Å². The van der Waals surface area contributed by atoms with Gasteiger partial charge >= 0.3 is 8.05 Å². The van der Waals surface area contributed by atoms with E-state index >= 15 is 0 Å². The summed E-state index contributed by atoms with van der Waals surface area (Å²) in [7, 11) is 4.32. The molecule has 0 amide bonds. The Hall–Kier alpha value is -0.00558. The number of hydrogen-bond donors (Lipinski definition) is 2. The van der Waals surface area contributed by atoms with Gasteiger partial charge < -0.3 is 14.9 Å². The molecule has 0 aliphatic carbocycles. The monoisotopic (exact) mass is 269 g/mol. The molecule has 0 heterocycles. The molecule has 0 aromatic rings. The fourth-order valence-corrected chi connectivity index (χ4v) is 0. The zero-order valence-electron chi connectivity index (χ0n) is 8.96. The van der Waals surface area contributed by atoms with Crippen molar-refractivity contribution < 1.29 is 46.3 Å². The number of carbonyl (C=O) groups is 3. The summed E-state index contributed by atoms with van der Waals surface area (Å²) in [5.41, 5.74) is 0. The molecule has 2 N–H and O–H groups in total. The fourth-order valence-electron chi connectivity index (χ4n) is 0. The van der Waals surface area contributed by atoms with E-state index in [1.807, 2.05) is 0 Å². The smallest absolute Gasteiger partial charge is 0.378 e. The van der Waals surface area contributed by atoms with E-state index in [2.05, 4.69) is 12.7 Å². The Balaban J connectivity index is -0.0000000315. The molecule has 3 radical (unpaired) electrons. The molecule has 0 aromatic heterocycles. The Kier molecular flexibility index (Phi) is 46.4. The van der Waals surface area contributed by atoms with E-state index in [-0.39, 0.29) is 46.6 Å². The van der Waals surface area contributed by atoms with Crippen LogP contribution in [0.15, 0.2) is 0 Å². The molecule has 83 valence electrons. The van der Waals surface area contributed by atoms with E-state index in [0.717, 1.165) is 13.8 Å². The number of aliphatic carboxylic acids is 2. The Morgan fingerprint density at radius 3 is 1.07 bits per heavy atom. The van der Waals surface area contributed by atoms with Gasteiger partial charge in [0.2, 0.25) is 0 Å². The molecule has 0 aliphatic rings. The Morgan fingerprint density at radius 2 is 1.07 bits per heavy atom. The standard InChI is InChI=1S/C2H3BO2.2C2H4O2.Fe.Na/c1-2(4)5-3;2*1-2(3)4;;/h1H3;2*1H3,(H,3,4);;. The van der Waals surface area contributed by atoms with Crippen molar-refractivity contribution in [2.45, 2.75) is 20.8 Å². The van der Waals surface area contributed by atoms with E-state index in [0.29, 0.717) is 0 Å². The summed E-state index contributed by atoms with van der Waals surface area (Å²) >= 11 is 0. The van der Waals surface area contributed by atoms with Crippen LogP contribution >= 0.6 is 0 Å². The van der Waals surface area contributed by atoms with E-state index in [1.54, 1.807) is 0 Å². The topological polar surface area (TPSA) is 101 Å². The molecule has 0 unspecified atom stereocenters. The maximum Gasteiger partial charge on any atom is 0.378 e. The van der Waals surface area contributed by atoms with Crippen LogP contribution in [0, 0.1) is 0 Å². The van der Waals surface area contributed by atoms with Crippen molar-refractivity contribution in [1.29, 1.82) is 0 Å². The first-order valence-corrected chi connectivity index (χ1v) is 3.00. The Labute approximate surface area is 122 Å². The number of carboxylic acids is 2. The number of carbonyl (C=O) groups excluding carboxylic acids is 1. The number of hydrogen-bond acceptors (Lipinski definition) is 4. The third-order valence-corrected chi connectivity index (χ3v) is 0.166. The summed E-state index contributed by atoms with van der Waals surface area (Å²) in [6, 6.07) is 0. The summed E-state index contributed by atoms with van der Waals surface area (Å²) < 4.78 is 3.61. The van der Waals surface area contributed by atoms with Crippen molar-refractivity contribution in [2.75, 3.05) is 0 Å². The molecule has 0 spiro atoms. The molecule has 0 aliphatic heterocycles. The fraction of sp³-hybridized carbons (Fsp3) is 0.500. The van der Waals surface area contributed by atoms with Crippen LogP contribution in [0.5, 0.6) is 0 Å². The van der Waals surface area contributed by atoms with Gasteiger partial charge in [-0.05, 0) is 0 Å². The Morgan fingerprint density at radius 1 is 1.00 bits per heavy atom. The van der Waals surface area contributed by atoms with Crippen molar-refractivity contribution in [3.63, 3.8) is 0 Å². The van der Waals surface area contributed by atoms with Gasteiger partial charge in [0.05, 0.1) is 0 Å². The van der Waals surface area contributed by atoms with Crippen molar-refractivity contribution >= 4 is 55.5 Å². The van der Waals surface area contributed by atoms with Gasteiger partial charge in [-0.15, -0.1) is 0 Å². The van der Waals surface area contributed by atoms with Crippen molar-refractivity contribution in [2.24, 2.45) is 0 Å². The molecular formula is C6H11BFeNaO6. The minimum atomic E-state index is -0.833. The first-order valence-electron chi connectivity index (χ1n) is 3.00. The van der Waals surface area contributed by atoms with Crippen molar-refractivity contribution in [3.05, 3.63) is 0 Å².